The summed E-state index contributed by atoms with van der Waals surface area (Å²) >= 11 is 0. The van der Waals surface area contributed by atoms with E-state index in [2.05, 4.69) is 4.98 Å². The van der Waals surface area contributed by atoms with Gasteiger partial charge in [-0.05, 0) is 61.2 Å². The largest absolute Gasteiger partial charge is 0.265 e. The molecular weight excluding hydrogens is 296 g/mol. The highest BCUT2D eigenvalue weighted by Gasteiger charge is 2.25. The molecule has 22 heavy (non-hydrogen) atoms. The zero-order valence-electron chi connectivity index (χ0n) is 13.5. The van der Waals surface area contributed by atoms with Gasteiger partial charge in [-0.15, -0.1) is 0 Å². The van der Waals surface area contributed by atoms with E-state index in [1.807, 2.05) is 45.9 Å². The van der Waals surface area contributed by atoms with Crippen molar-refractivity contribution in [3.63, 3.8) is 0 Å². The van der Waals surface area contributed by atoms with E-state index in [0.29, 0.717) is 18.0 Å². The predicted octanol–water partition coefficient (Wildman–Crippen LogP) is 3.22. The predicted molar refractivity (Wildman–Crippen MR) is 88.2 cm³/mol. The number of aromatic nitrogens is 1. The number of nitrogens with zero attached hydrogens (tertiary/aromatic N) is 2. The highest BCUT2D eigenvalue weighted by atomic mass is 32.2. The molecule has 0 fully saturated rings. The Morgan fingerprint density at radius 2 is 1.59 bits per heavy atom. The van der Waals surface area contributed by atoms with E-state index < -0.39 is 10.0 Å². The minimum atomic E-state index is -3.51. The minimum Gasteiger partial charge on any atom is -0.265 e. The van der Waals surface area contributed by atoms with Crippen LogP contribution in [-0.2, 0) is 16.6 Å². The van der Waals surface area contributed by atoms with Crippen LogP contribution >= 0.6 is 0 Å². The van der Waals surface area contributed by atoms with Crippen molar-refractivity contribution < 1.29 is 8.42 Å². The fourth-order valence-electron chi connectivity index (χ4n) is 2.41. The maximum absolute atomic E-state index is 13.0. The van der Waals surface area contributed by atoms with Crippen LogP contribution in [0.2, 0.25) is 0 Å². The molecule has 0 spiro atoms. The second-order valence-electron chi connectivity index (χ2n) is 5.49. The van der Waals surface area contributed by atoms with Crippen LogP contribution in [0.25, 0.3) is 0 Å². The summed E-state index contributed by atoms with van der Waals surface area (Å²) < 4.78 is 27.4. The molecule has 0 aliphatic rings. The normalized spacial score (nSPS) is 11.9. The van der Waals surface area contributed by atoms with Crippen molar-refractivity contribution in [3.05, 3.63) is 58.9 Å². The molecule has 2 rings (SSSR count). The smallest absolute Gasteiger partial charge is 0.243 e. The zero-order valence-corrected chi connectivity index (χ0v) is 14.3. The standard InChI is InChI=1S/C17H22N2O2S/c1-5-19(12-16-6-8-18-9-7-16)22(20,21)17-11-14(3)13(2)10-15(17)4/h6-11H,5,12H2,1-4H3. The van der Waals surface area contributed by atoms with Gasteiger partial charge in [-0.2, -0.15) is 4.31 Å². The molecule has 0 N–H and O–H groups in total. The van der Waals surface area contributed by atoms with Crippen LogP contribution in [0.5, 0.6) is 0 Å². The van der Waals surface area contributed by atoms with Crippen molar-refractivity contribution in [3.8, 4) is 0 Å². The molecule has 0 aliphatic heterocycles. The van der Waals surface area contributed by atoms with Crippen LogP contribution in [0, 0.1) is 20.8 Å². The number of pyridine rings is 1. The molecule has 5 heteroatoms. The van der Waals surface area contributed by atoms with Gasteiger partial charge in [0.25, 0.3) is 0 Å². The first-order valence-electron chi connectivity index (χ1n) is 7.33. The van der Waals surface area contributed by atoms with Crippen LogP contribution in [0.1, 0.15) is 29.2 Å². The van der Waals surface area contributed by atoms with Gasteiger partial charge < -0.3 is 0 Å². The molecule has 4 nitrogen and oxygen atoms in total. The number of aryl methyl sites for hydroxylation is 3. The van der Waals surface area contributed by atoms with Crippen LogP contribution in [0.15, 0.2) is 41.6 Å². The first kappa shape index (κ1) is 16.6. The van der Waals surface area contributed by atoms with Crippen molar-refractivity contribution in [2.24, 2.45) is 0 Å². The van der Waals surface area contributed by atoms with E-state index in [4.69, 9.17) is 0 Å². The summed E-state index contributed by atoms with van der Waals surface area (Å²) in [6, 6.07) is 7.38. The number of benzene rings is 1. The maximum Gasteiger partial charge on any atom is 0.243 e. The van der Waals surface area contributed by atoms with Crippen LogP contribution in [-0.4, -0.2) is 24.3 Å². The second-order valence-corrected chi connectivity index (χ2v) is 7.39. The molecule has 0 bridgehead atoms. The molecule has 0 aliphatic carbocycles. The third-order valence-corrected chi connectivity index (χ3v) is 5.93. The number of rotatable bonds is 5. The molecule has 0 unspecified atom stereocenters. The molecule has 0 amide bonds. The minimum absolute atomic E-state index is 0.355. The average molecular weight is 318 g/mol. The summed E-state index contributed by atoms with van der Waals surface area (Å²) in [5.74, 6) is 0. The third kappa shape index (κ3) is 3.36. The molecule has 2 aromatic rings. The molecule has 1 aromatic heterocycles. The zero-order chi connectivity index (χ0) is 16.3. The van der Waals surface area contributed by atoms with E-state index in [1.165, 1.54) is 4.31 Å². The van der Waals surface area contributed by atoms with Gasteiger partial charge >= 0.3 is 0 Å². The van der Waals surface area contributed by atoms with E-state index in [-0.39, 0.29) is 0 Å². The van der Waals surface area contributed by atoms with Crippen LogP contribution in [0.4, 0.5) is 0 Å². The molecule has 0 atom stereocenters. The quantitative estimate of drug-likeness (QED) is 0.850. The van der Waals surface area contributed by atoms with Crippen molar-refractivity contribution in [1.82, 2.24) is 9.29 Å². The molecule has 0 saturated carbocycles. The average Bonchev–Trinajstić information content (AvgIpc) is 2.49. The van der Waals surface area contributed by atoms with Crippen molar-refractivity contribution in [2.45, 2.75) is 39.1 Å². The van der Waals surface area contributed by atoms with Crippen LogP contribution in [0.3, 0.4) is 0 Å². The molecule has 1 heterocycles. The Morgan fingerprint density at radius 1 is 1.00 bits per heavy atom. The topological polar surface area (TPSA) is 50.3 Å². The maximum atomic E-state index is 13.0. The van der Waals surface area contributed by atoms with Crippen molar-refractivity contribution >= 4 is 10.0 Å². The Balaban J connectivity index is 2.41. The fraction of sp³-hybridized carbons (Fsp3) is 0.353. The van der Waals surface area contributed by atoms with Gasteiger partial charge in [-0.3, -0.25) is 4.98 Å². The van der Waals surface area contributed by atoms with E-state index in [1.54, 1.807) is 18.5 Å². The summed E-state index contributed by atoms with van der Waals surface area (Å²) in [5, 5.41) is 0. The Labute approximate surface area is 132 Å². The first-order chi connectivity index (χ1) is 10.4. The van der Waals surface area contributed by atoms with Gasteiger partial charge in [0.15, 0.2) is 0 Å². The van der Waals surface area contributed by atoms with Gasteiger partial charge in [-0.25, -0.2) is 8.42 Å². The lowest BCUT2D eigenvalue weighted by molar-refractivity contribution is 0.423. The lowest BCUT2D eigenvalue weighted by Gasteiger charge is -2.22. The highest BCUT2D eigenvalue weighted by molar-refractivity contribution is 7.89. The first-order valence-corrected chi connectivity index (χ1v) is 8.77. The molecule has 0 radical (unpaired) electrons. The number of sulfonamides is 1. The van der Waals surface area contributed by atoms with Gasteiger partial charge in [0.2, 0.25) is 10.0 Å². The van der Waals surface area contributed by atoms with E-state index in [9.17, 15) is 8.42 Å². The highest BCUT2D eigenvalue weighted by Crippen LogP contribution is 2.24. The van der Waals surface area contributed by atoms with Gasteiger partial charge in [0.05, 0.1) is 4.90 Å². The van der Waals surface area contributed by atoms with Crippen molar-refractivity contribution in [1.29, 1.82) is 0 Å². The summed E-state index contributed by atoms with van der Waals surface area (Å²) in [6.45, 7) is 8.42. The Hall–Kier alpha value is -1.72. The fourth-order valence-corrected chi connectivity index (χ4v) is 4.14. The summed E-state index contributed by atoms with van der Waals surface area (Å²) in [4.78, 5) is 4.36. The molecule has 0 saturated heterocycles. The lowest BCUT2D eigenvalue weighted by atomic mass is 10.1. The van der Waals surface area contributed by atoms with Crippen molar-refractivity contribution in [2.75, 3.05) is 6.54 Å². The van der Waals surface area contributed by atoms with Crippen LogP contribution < -0.4 is 0 Å². The SMILES string of the molecule is CCN(Cc1ccncc1)S(=O)(=O)c1cc(C)c(C)cc1C. The summed E-state index contributed by atoms with van der Waals surface area (Å²) in [7, 11) is -3.51. The number of hydrogen-bond donors (Lipinski definition) is 0. The Morgan fingerprint density at radius 3 is 2.18 bits per heavy atom. The summed E-state index contributed by atoms with van der Waals surface area (Å²) in [6.07, 6.45) is 3.36. The number of hydrogen-bond acceptors (Lipinski definition) is 3. The third-order valence-electron chi connectivity index (χ3n) is 3.87. The van der Waals surface area contributed by atoms with E-state index in [0.717, 1.165) is 22.3 Å². The molecule has 118 valence electrons. The Kier molecular flexibility index (Phi) is 4.98. The van der Waals surface area contributed by atoms with Gasteiger partial charge in [-0.1, -0.05) is 13.0 Å². The van der Waals surface area contributed by atoms with Gasteiger partial charge in [0, 0.05) is 25.5 Å². The molecular formula is C17H22N2O2S. The Bertz CT molecular complexity index is 756. The second kappa shape index (κ2) is 6.58. The van der Waals surface area contributed by atoms with Gasteiger partial charge in [0.1, 0.15) is 0 Å². The monoisotopic (exact) mass is 318 g/mol. The lowest BCUT2D eigenvalue weighted by Crippen LogP contribution is -2.31. The van der Waals surface area contributed by atoms with E-state index >= 15 is 0 Å². The molecule has 1 aromatic carbocycles. The summed E-state index contributed by atoms with van der Waals surface area (Å²) in [5.41, 5.74) is 3.82.